The van der Waals surface area contributed by atoms with Gasteiger partial charge in [0, 0.05) is 12.0 Å². The second-order valence-corrected chi connectivity index (χ2v) is 11.5. The van der Waals surface area contributed by atoms with E-state index in [1.165, 1.54) is 5.56 Å². The summed E-state index contributed by atoms with van der Waals surface area (Å²) < 4.78 is 0. The van der Waals surface area contributed by atoms with Crippen LogP contribution in [0.15, 0.2) is 30.3 Å². The molecule has 2 heteroatoms. The zero-order valence-electron chi connectivity index (χ0n) is 10.4. The van der Waals surface area contributed by atoms with Gasteiger partial charge in [0.1, 0.15) is 5.78 Å². The number of carbonyl (C=O) groups is 1. The van der Waals surface area contributed by atoms with Crippen LogP contribution in [0.3, 0.4) is 0 Å². The normalized spacial score (nSPS) is 24.2. The van der Waals surface area contributed by atoms with Crippen molar-refractivity contribution < 1.29 is 4.79 Å². The molecule has 1 aromatic carbocycles. The van der Waals surface area contributed by atoms with Crippen LogP contribution in [0.1, 0.15) is 17.9 Å². The standard InChI is InChI=1S/C14H20OSi/c1-16(2,3)10-14(15)13-9-12(13)11-7-5-4-6-8-11/h4-8,12-13H,9-10H2,1-3H3. The van der Waals surface area contributed by atoms with Crippen molar-refractivity contribution in [3.05, 3.63) is 35.9 Å². The summed E-state index contributed by atoms with van der Waals surface area (Å²) in [7, 11) is -1.22. The zero-order chi connectivity index (χ0) is 11.8. The van der Waals surface area contributed by atoms with E-state index in [1.807, 2.05) is 6.07 Å². The molecule has 0 aliphatic heterocycles. The van der Waals surface area contributed by atoms with Crippen LogP contribution in [0.5, 0.6) is 0 Å². The number of carbonyl (C=O) groups excluding carboxylic acids is 1. The molecule has 0 N–H and O–H groups in total. The van der Waals surface area contributed by atoms with Crippen LogP contribution < -0.4 is 0 Å². The number of Topliss-reactive ketones (excluding diaryl/α,β-unsaturated/α-hetero) is 1. The monoisotopic (exact) mass is 232 g/mol. The highest BCUT2D eigenvalue weighted by atomic mass is 28.3. The van der Waals surface area contributed by atoms with Crippen LogP contribution in [0.2, 0.25) is 25.7 Å². The lowest BCUT2D eigenvalue weighted by Gasteiger charge is -2.14. The number of rotatable bonds is 4. The van der Waals surface area contributed by atoms with Gasteiger partial charge < -0.3 is 0 Å². The molecule has 1 aliphatic rings. The molecule has 1 nitrogen and oxygen atoms in total. The van der Waals surface area contributed by atoms with E-state index in [9.17, 15) is 4.79 Å². The van der Waals surface area contributed by atoms with E-state index in [2.05, 4.69) is 43.9 Å². The first kappa shape index (κ1) is 11.6. The quantitative estimate of drug-likeness (QED) is 0.723. The van der Waals surface area contributed by atoms with E-state index in [1.54, 1.807) is 0 Å². The molecule has 1 saturated carbocycles. The van der Waals surface area contributed by atoms with E-state index in [4.69, 9.17) is 0 Å². The molecule has 0 heterocycles. The van der Waals surface area contributed by atoms with Gasteiger partial charge in [-0.1, -0.05) is 50.0 Å². The maximum absolute atomic E-state index is 12.0. The molecule has 0 amide bonds. The lowest BCUT2D eigenvalue weighted by atomic mass is 10.1. The van der Waals surface area contributed by atoms with Crippen molar-refractivity contribution in [2.24, 2.45) is 5.92 Å². The number of hydrogen-bond donors (Lipinski definition) is 0. The molecule has 16 heavy (non-hydrogen) atoms. The molecule has 0 bridgehead atoms. The summed E-state index contributed by atoms with van der Waals surface area (Å²) in [5.74, 6) is 1.35. The summed E-state index contributed by atoms with van der Waals surface area (Å²) in [6.45, 7) is 6.81. The summed E-state index contributed by atoms with van der Waals surface area (Å²) in [5.41, 5.74) is 1.34. The van der Waals surface area contributed by atoms with Crippen LogP contribution >= 0.6 is 0 Å². The molecule has 2 rings (SSSR count). The summed E-state index contributed by atoms with van der Waals surface area (Å²) >= 11 is 0. The van der Waals surface area contributed by atoms with Crippen LogP contribution in [0.25, 0.3) is 0 Å². The summed E-state index contributed by atoms with van der Waals surface area (Å²) in [4.78, 5) is 12.0. The predicted octanol–water partition coefficient (Wildman–Crippen LogP) is 3.70. The number of hydrogen-bond acceptors (Lipinski definition) is 1. The Morgan fingerprint density at radius 3 is 2.44 bits per heavy atom. The molecular weight excluding hydrogens is 212 g/mol. The van der Waals surface area contributed by atoms with Gasteiger partial charge in [-0.15, -0.1) is 0 Å². The third kappa shape index (κ3) is 2.82. The van der Waals surface area contributed by atoms with Crippen molar-refractivity contribution in [3.63, 3.8) is 0 Å². The van der Waals surface area contributed by atoms with Gasteiger partial charge in [-0.2, -0.15) is 0 Å². The van der Waals surface area contributed by atoms with E-state index < -0.39 is 8.07 Å². The topological polar surface area (TPSA) is 17.1 Å². The Bertz CT molecular complexity index is 377. The minimum atomic E-state index is -1.22. The van der Waals surface area contributed by atoms with Crippen molar-refractivity contribution in [3.8, 4) is 0 Å². The maximum atomic E-state index is 12.0. The Kier molecular flexibility index (Phi) is 3.02. The molecule has 1 aromatic rings. The van der Waals surface area contributed by atoms with Crippen molar-refractivity contribution in [2.45, 2.75) is 38.0 Å². The summed E-state index contributed by atoms with van der Waals surface area (Å²) in [6.07, 6.45) is 1.08. The molecule has 2 atom stereocenters. The lowest BCUT2D eigenvalue weighted by Crippen LogP contribution is -2.24. The zero-order valence-corrected chi connectivity index (χ0v) is 11.4. The highest BCUT2D eigenvalue weighted by Gasteiger charge is 2.44. The van der Waals surface area contributed by atoms with Crippen LogP contribution in [0, 0.1) is 5.92 Å². The van der Waals surface area contributed by atoms with Gasteiger partial charge in [-0.05, 0) is 17.9 Å². The molecule has 1 aliphatic carbocycles. The average Bonchev–Trinajstić information content (AvgIpc) is 2.96. The minimum absolute atomic E-state index is 0.328. The van der Waals surface area contributed by atoms with E-state index >= 15 is 0 Å². The van der Waals surface area contributed by atoms with Crippen LogP contribution in [-0.4, -0.2) is 13.9 Å². The van der Waals surface area contributed by atoms with E-state index in [-0.39, 0.29) is 0 Å². The average molecular weight is 232 g/mol. The Morgan fingerprint density at radius 1 is 1.25 bits per heavy atom. The van der Waals surface area contributed by atoms with Crippen LogP contribution in [0.4, 0.5) is 0 Å². The van der Waals surface area contributed by atoms with Crippen molar-refractivity contribution in [1.29, 1.82) is 0 Å². The summed E-state index contributed by atoms with van der Waals surface area (Å²) in [5, 5.41) is 0. The van der Waals surface area contributed by atoms with Gasteiger partial charge in [-0.3, -0.25) is 4.79 Å². The number of benzene rings is 1. The first-order valence-electron chi connectivity index (χ1n) is 6.05. The fraction of sp³-hybridized carbons (Fsp3) is 0.500. The van der Waals surface area contributed by atoms with E-state index in [0.717, 1.165) is 12.5 Å². The fourth-order valence-electron chi connectivity index (χ4n) is 2.27. The highest BCUT2D eigenvalue weighted by molar-refractivity contribution is 6.78. The fourth-order valence-corrected chi connectivity index (χ4v) is 3.58. The maximum Gasteiger partial charge on any atom is 0.133 e. The van der Waals surface area contributed by atoms with Crippen molar-refractivity contribution in [2.75, 3.05) is 0 Å². The second-order valence-electron chi connectivity index (χ2n) is 6.06. The lowest BCUT2D eigenvalue weighted by molar-refractivity contribution is -0.118. The second kappa shape index (κ2) is 4.17. The molecular formula is C14H20OSi. The van der Waals surface area contributed by atoms with Gasteiger partial charge >= 0.3 is 0 Å². The SMILES string of the molecule is C[Si](C)(C)CC(=O)C1CC1c1ccccc1. The molecule has 0 spiro atoms. The summed E-state index contributed by atoms with van der Waals surface area (Å²) in [6, 6.07) is 11.3. The third-order valence-corrected chi connectivity index (χ3v) is 4.55. The predicted molar refractivity (Wildman–Crippen MR) is 70.5 cm³/mol. The molecule has 0 aromatic heterocycles. The third-order valence-electron chi connectivity index (χ3n) is 3.14. The largest absolute Gasteiger partial charge is 0.300 e. The minimum Gasteiger partial charge on any atom is -0.300 e. The van der Waals surface area contributed by atoms with Gasteiger partial charge in [-0.25, -0.2) is 0 Å². The smallest absolute Gasteiger partial charge is 0.133 e. The molecule has 0 radical (unpaired) electrons. The Labute approximate surface area is 98.9 Å². The van der Waals surface area contributed by atoms with Crippen LogP contribution in [-0.2, 0) is 4.79 Å². The van der Waals surface area contributed by atoms with Gasteiger partial charge in [0.05, 0.1) is 8.07 Å². The molecule has 86 valence electrons. The first-order valence-corrected chi connectivity index (χ1v) is 9.76. The molecule has 1 fully saturated rings. The van der Waals surface area contributed by atoms with Gasteiger partial charge in [0.2, 0.25) is 0 Å². The molecule has 2 unspecified atom stereocenters. The Morgan fingerprint density at radius 2 is 1.88 bits per heavy atom. The van der Waals surface area contributed by atoms with Crippen molar-refractivity contribution in [1.82, 2.24) is 0 Å². The Hall–Kier alpha value is -0.893. The van der Waals surface area contributed by atoms with E-state index in [0.29, 0.717) is 17.6 Å². The van der Waals surface area contributed by atoms with Gasteiger partial charge in [0.15, 0.2) is 0 Å². The first-order chi connectivity index (χ1) is 7.47. The Balaban J connectivity index is 1.95. The van der Waals surface area contributed by atoms with Gasteiger partial charge in [0.25, 0.3) is 0 Å². The number of ketones is 1. The highest BCUT2D eigenvalue weighted by Crippen LogP contribution is 2.48. The van der Waals surface area contributed by atoms with Crippen molar-refractivity contribution >= 4 is 13.9 Å². The molecule has 0 saturated heterocycles.